The molecule has 0 atom stereocenters. The maximum Gasteiger partial charge on any atom is 0.0964 e. The van der Waals surface area contributed by atoms with Gasteiger partial charge in [0.25, 0.3) is 0 Å². The fraction of sp³-hybridized carbons (Fsp3) is 0.333. The fourth-order valence-electron chi connectivity index (χ4n) is 2.56. The van der Waals surface area contributed by atoms with Gasteiger partial charge in [-0.05, 0) is 36.8 Å². The van der Waals surface area contributed by atoms with E-state index in [1.54, 1.807) is 0 Å². The zero-order chi connectivity index (χ0) is 11.5. The lowest BCUT2D eigenvalue weighted by molar-refractivity contribution is 0.711. The van der Waals surface area contributed by atoms with Gasteiger partial charge in [0, 0.05) is 5.56 Å². The minimum Gasteiger partial charge on any atom is -0.158 e. The predicted octanol–water partition coefficient (Wildman–Crippen LogP) is 3.41. The van der Waals surface area contributed by atoms with Crippen LogP contribution in [-0.4, -0.2) is 10.2 Å². The first-order valence-corrected chi connectivity index (χ1v) is 6.34. The molecule has 3 rings (SSSR count). The minimum absolute atomic E-state index is 1.09. The molecule has 17 heavy (non-hydrogen) atoms. The Morgan fingerprint density at radius 3 is 2.59 bits per heavy atom. The molecular weight excluding hydrogens is 208 g/mol. The first kappa shape index (κ1) is 10.5. The number of aromatic nitrogens is 2. The Morgan fingerprint density at radius 2 is 1.71 bits per heavy atom. The van der Waals surface area contributed by atoms with E-state index in [9.17, 15) is 0 Å². The van der Waals surface area contributed by atoms with Crippen LogP contribution in [0.25, 0.3) is 11.3 Å². The van der Waals surface area contributed by atoms with Gasteiger partial charge in [-0.2, -0.15) is 10.2 Å². The number of rotatable bonds is 1. The number of fused-ring (bicyclic) bond motifs is 1. The van der Waals surface area contributed by atoms with Crippen molar-refractivity contribution >= 4 is 0 Å². The van der Waals surface area contributed by atoms with Crippen molar-refractivity contribution in [2.45, 2.75) is 32.1 Å². The van der Waals surface area contributed by atoms with Crippen LogP contribution in [0.1, 0.15) is 30.4 Å². The normalized spacial score (nSPS) is 15.1. The summed E-state index contributed by atoms with van der Waals surface area (Å²) in [7, 11) is 0. The minimum atomic E-state index is 1.09. The zero-order valence-electron chi connectivity index (χ0n) is 9.89. The molecule has 0 radical (unpaired) electrons. The maximum atomic E-state index is 4.35. The van der Waals surface area contributed by atoms with E-state index in [0.717, 1.165) is 18.5 Å². The van der Waals surface area contributed by atoms with Crippen LogP contribution in [0.5, 0.6) is 0 Å². The summed E-state index contributed by atoms with van der Waals surface area (Å²) in [6, 6.07) is 10.4. The lowest BCUT2D eigenvalue weighted by Crippen LogP contribution is -2.00. The monoisotopic (exact) mass is 224 g/mol. The van der Waals surface area contributed by atoms with Gasteiger partial charge in [0.1, 0.15) is 0 Å². The number of hydrogen-bond donors (Lipinski definition) is 0. The fourth-order valence-corrected chi connectivity index (χ4v) is 2.56. The van der Waals surface area contributed by atoms with Crippen molar-refractivity contribution in [1.82, 2.24) is 10.2 Å². The summed E-state index contributed by atoms with van der Waals surface area (Å²) < 4.78 is 0. The van der Waals surface area contributed by atoms with Crippen LogP contribution < -0.4 is 0 Å². The van der Waals surface area contributed by atoms with Gasteiger partial charge in [0.15, 0.2) is 0 Å². The second-order valence-corrected chi connectivity index (χ2v) is 4.62. The lowest BCUT2D eigenvalue weighted by atomic mass is 9.99. The number of benzene rings is 1. The molecule has 0 amide bonds. The van der Waals surface area contributed by atoms with Gasteiger partial charge in [-0.3, -0.25) is 0 Å². The Hall–Kier alpha value is -1.70. The van der Waals surface area contributed by atoms with E-state index in [1.165, 1.54) is 36.0 Å². The summed E-state index contributed by atoms with van der Waals surface area (Å²) in [4.78, 5) is 0. The molecule has 0 N–H and O–H groups in total. The summed E-state index contributed by atoms with van der Waals surface area (Å²) in [6.07, 6.45) is 8.14. The zero-order valence-corrected chi connectivity index (χ0v) is 9.89. The van der Waals surface area contributed by atoms with Crippen molar-refractivity contribution in [2.24, 2.45) is 0 Å². The van der Waals surface area contributed by atoms with Gasteiger partial charge < -0.3 is 0 Å². The van der Waals surface area contributed by atoms with E-state index < -0.39 is 0 Å². The van der Waals surface area contributed by atoms with Crippen LogP contribution in [0.4, 0.5) is 0 Å². The van der Waals surface area contributed by atoms with E-state index >= 15 is 0 Å². The van der Waals surface area contributed by atoms with Gasteiger partial charge >= 0.3 is 0 Å². The molecule has 0 saturated carbocycles. The first-order chi connectivity index (χ1) is 8.45. The van der Waals surface area contributed by atoms with Gasteiger partial charge in [-0.25, -0.2) is 0 Å². The average Bonchev–Trinajstić information content (AvgIpc) is 2.64. The second-order valence-electron chi connectivity index (χ2n) is 4.62. The van der Waals surface area contributed by atoms with E-state index in [0.29, 0.717) is 0 Å². The molecule has 0 unspecified atom stereocenters. The molecule has 1 aliphatic rings. The van der Waals surface area contributed by atoms with Crippen LogP contribution >= 0.6 is 0 Å². The Bertz CT molecular complexity index is 506. The number of nitrogens with zero attached hydrogens (tertiary/aromatic N) is 2. The highest BCUT2D eigenvalue weighted by molar-refractivity contribution is 5.63. The standard InChI is InChI=1S/C15H16N2/c1-3-7-12(8-4-1)15-14-10-6-2-5-9-13(14)11-16-17-15/h1,3-4,7-8,11H,2,5-6,9-10H2. The highest BCUT2D eigenvalue weighted by Gasteiger charge is 2.14. The number of hydrogen-bond acceptors (Lipinski definition) is 2. The predicted molar refractivity (Wildman–Crippen MR) is 68.7 cm³/mol. The van der Waals surface area contributed by atoms with Crippen molar-refractivity contribution in [3.63, 3.8) is 0 Å². The number of aryl methyl sites for hydroxylation is 1. The van der Waals surface area contributed by atoms with Crippen LogP contribution in [0.3, 0.4) is 0 Å². The molecule has 0 fully saturated rings. The quantitative estimate of drug-likeness (QED) is 0.694. The van der Waals surface area contributed by atoms with Gasteiger partial charge in [-0.15, -0.1) is 0 Å². The Labute approximate surface area is 102 Å². The Balaban J connectivity index is 2.11. The third-order valence-corrected chi connectivity index (χ3v) is 3.46. The van der Waals surface area contributed by atoms with Crippen molar-refractivity contribution in [1.29, 1.82) is 0 Å². The van der Waals surface area contributed by atoms with E-state index in [4.69, 9.17) is 0 Å². The van der Waals surface area contributed by atoms with Crippen molar-refractivity contribution in [3.05, 3.63) is 47.7 Å². The molecule has 1 aromatic carbocycles. The summed E-state index contributed by atoms with van der Waals surface area (Å²) in [5.41, 5.74) is 5.10. The smallest absolute Gasteiger partial charge is 0.0964 e. The molecule has 0 bridgehead atoms. The molecule has 0 spiro atoms. The Morgan fingerprint density at radius 1 is 0.882 bits per heavy atom. The SMILES string of the molecule is c1ccc(-c2nncc3c2CCCCC3)cc1. The maximum absolute atomic E-state index is 4.35. The van der Waals surface area contributed by atoms with Crippen molar-refractivity contribution in [2.75, 3.05) is 0 Å². The second kappa shape index (κ2) is 4.66. The first-order valence-electron chi connectivity index (χ1n) is 6.34. The van der Waals surface area contributed by atoms with Crippen molar-refractivity contribution in [3.8, 4) is 11.3 Å². The molecule has 2 nitrogen and oxygen atoms in total. The molecule has 0 saturated heterocycles. The molecule has 1 aromatic heterocycles. The van der Waals surface area contributed by atoms with Gasteiger partial charge in [-0.1, -0.05) is 36.8 Å². The van der Waals surface area contributed by atoms with Crippen LogP contribution in [-0.2, 0) is 12.8 Å². The summed E-state index contributed by atoms with van der Waals surface area (Å²) in [5, 5.41) is 8.52. The molecule has 0 aliphatic heterocycles. The van der Waals surface area contributed by atoms with Crippen LogP contribution in [0.15, 0.2) is 36.5 Å². The topological polar surface area (TPSA) is 25.8 Å². The highest BCUT2D eigenvalue weighted by atomic mass is 15.1. The molecule has 1 heterocycles. The molecule has 1 aliphatic carbocycles. The third-order valence-electron chi connectivity index (χ3n) is 3.46. The molecule has 2 heteroatoms. The highest BCUT2D eigenvalue weighted by Crippen LogP contribution is 2.28. The van der Waals surface area contributed by atoms with E-state index in [2.05, 4.69) is 34.5 Å². The van der Waals surface area contributed by atoms with Crippen LogP contribution in [0.2, 0.25) is 0 Å². The lowest BCUT2D eigenvalue weighted by Gasteiger charge is -2.10. The molecule has 86 valence electrons. The molecular formula is C15H16N2. The van der Waals surface area contributed by atoms with E-state index in [-0.39, 0.29) is 0 Å². The van der Waals surface area contributed by atoms with E-state index in [1.807, 2.05) is 12.3 Å². The summed E-state index contributed by atoms with van der Waals surface area (Å²) in [5.74, 6) is 0. The van der Waals surface area contributed by atoms with Gasteiger partial charge in [0.05, 0.1) is 11.9 Å². The van der Waals surface area contributed by atoms with Crippen molar-refractivity contribution < 1.29 is 0 Å². The van der Waals surface area contributed by atoms with Crippen LogP contribution in [0, 0.1) is 0 Å². The average molecular weight is 224 g/mol. The summed E-state index contributed by atoms with van der Waals surface area (Å²) >= 11 is 0. The van der Waals surface area contributed by atoms with Gasteiger partial charge in [0.2, 0.25) is 0 Å². The largest absolute Gasteiger partial charge is 0.158 e. The Kier molecular flexibility index (Phi) is 2.87. The third kappa shape index (κ3) is 2.07. The summed E-state index contributed by atoms with van der Waals surface area (Å²) in [6.45, 7) is 0. The molecule has 2 aromatic rings.